The maximum Gasteiger partial charge on any atom is 0.321 e. The number of piperidine rings is 1. The molecule has 120 valence electrons. The summed E-state index contributed by atoms with van der Waals surface area (Å²) in [6.07, 6.45) is 1.61. The van der Waals surface area contributed by atoms with Gasteiger partial charge >= 0.3 is 12.0 Å². The number of amides is 2. The van der Waals surface area contributed by atoms with Crippen LogP contribution < -0.4 is 5.32 Å². The summed E-state index contributed by atoms with van der Waals surface area (Å²) in [5.74, 6) is -0.413. The minimum atomic E-state index is -0.211. The first-order valence-electron chi connectivity index (χ1n) is 7.81. The summed E-state index contributed by atoms with van der Waals surface area (Å²) in [7, 11) is 0. The number of urea groups is 1. The molecule has 0 saturated carbocycles. The van der Waals surface area contributed by atoms with Gasteiger partial charge in [0.2, 0.25) is 0 Å². The number of carbonyl (C=O) groups excluding carboxylic acids is 2. The van der Waals surface area contributed by atoms with E-state index >= 15 is 0 Å². The highest BCUT2D eigenvalue weighted by molar-refractivity contribution is 5.91. The van der Waals surface area contributed by atoms with Crippen LogP contribution in [0.5, 0.6) is 0 Å². The van der Waals surface area contributed by atoms with Crippen molar-refractivity contribution in [3.8, 4) is 0 Å². The predicted molar refractivity (Wildman–Crippen MR) is 85.9 cm³/mol. The molecule has 0 aromatic heterocycles. The van der Waals surface area contributed by atoms with Crippen LogP contribution in [0, 0.1) is 19.8 Å². The van der Waals surface area contributed by atoms with Gasteiger partial charge in [-0.25, -0.2) is 4.79 Å². The van der Waals surface area contributed by atoms with E-state index < -0.39 is 0 Å². The molecule has 0 aliphatic carbocycles. The van der Waals surface area contributed by atoms with E-state index in [1.807, 2.05) is 32.0 Å². The molecule has 2 amide bonds. The highest BCUT2D eigenvalue weighted by Crippen LogP contribution is 2.22. The van der Waals surface area contributed by atoms with Gasteiger partial charge in [-0.2, -0.15) is 0 Å². The van der Waals surface area contributed by atoms with E-state index in [1.54, 1.807) is 11.8 Å². The molecule has 5 nitrogen and oxygen atoms in total. The number of hydrogen-bond donors (Lipinski definition) is 1. The summed E-state index contributed by atoms with van der Waals surface area (Å²) in [4.78, 5) is 26.0. The fourth-order valence-electron chi connectivity index (χ4n) is 2.81. The van der Waals surface area contributed by atoms with Crippen molar-refractivity contribution in [3.63, 3.8) is 0 Å². The topological polar surface area (TPSA) is 58.6 Å². The van der Waals surface area contributed by atoms with E-state index in [4.69, 9.17) is 4.74 Å². The Morgan fingerprint density at radius 3 is 2.64 bits per heavy atom. The number of esters is 1. The Balaban J connectivity index is 2.02. The number of carbonyl (C=O) groups is 2. The highest BCUT2D eigenvalue weighted by Gasteiger charge is 2.29. The molecule has 1 aromatic rings. The van der Waals surface area contributed by atoms with Crippen molar-refractivity contribution < 1.29 is 14.3 Å². The van der Waals surface area contributed by atoms with Gasteiger partial charge in [0, 0.05) is 18.8 Å². The third kappa shape index (κ3) is 3.78. The molecular formula is C17H24N2O3. The monoisotopic (exact) mass is 304 g/mol. The van der Waals surface area contributed by atoms with E-state index in [9.17, 15) is 9.59 Å². The molecular weight excluding hydrogens is 280 g/mol. The normalized spacial score (nSPS) is 18.0. The number of anilines is 1. The summed E-state index contributed by atoms with van der Waals surface area (Å²) in [5, 5.41) is 2.97. The molecule has 1 aliphatic heterocycles. The van der Waals surface area contributed by atoms with Crippen molar-refractivity contribution in [1.29, 1.82) is 0 Å². The highest BCUT2D eigenvalue weighted by atomic mass is 16.5. The van der Waals surface area contributed by atoms with Crippen LogP contribution in [0.25, 0.3) is 0 Å². The molecule has 1 aromatic carbocycles. The maximum absolute atomic E-state index is 12.5. The first-order chi connectivity index (χ1) is 10.5. The van der Waals surface area contributed by atoms with Gasteiger partial charge in [0.15, 0.2) is 0 Å². The van der Waals surface area contributed by atoms with Gasteiger partial charge in [0.05, 0.1) is 12.5 Å². The van der Waals surface area contributed by atoms with Gasteiger partial charge in [0.25, 0.3) is 0 Å². The van der Waals surface area contributed by atoms with Gasteiger partial charge in [-0.1, -0.05) is 18.2 Å². The third-order valence-corrected chi connectivity index (χ3v) is 4.04. The van der Waals surface area contributed by atoms with Gasteiger partial charge in [0.1, 0.15) is 0 Å². The SMILES string of the molecule is CCOC(=O)C1CCCN(C(=O)Nc2c(C)cccc2C)C1. The smallest absolute Gasteiger partial charge is 0.321 e. The van der Waals surface area contributed by atoms with Crippen LogP contribution >= 0.6 is 0 Å². The third-order valence-electron chi connectivity index (χ3n) is 4.04. The molecule has 1 heterocycles. The van der Waals surface area contributed by atoms with Crippen molar-refractivity contribution in [1.82, 2.24) is 4.90 Å². The first-order valence-corrected chi connectivity index (χ1v) is 7.81. The van der Waals surface area contributed by atoms with Gasteiger partial charge in [-0.3, -0.25) is 4.79 Å². The van der Waals surface area contributed by atoms with Crippen molar-refractivity contribution in [2.45, 2.75) is 33.6 Å². The fourth-order valence-corrected chi connectivity index (χ4v) is 2.81. The number of benzene rings is 1. The Hall–Kier alpha value is -2.04. The first kappa shape index (κ1) is 16.3. The van der Waals surface area contributed by atoms with Crippen molar-refractivity contribution in [3.05, 3.63) is 29.3 Å². The zero-order chi connectivity index (χ0) is 16.1. The zero-order valence-corrected chi connectivity index (χ0v) is 13.5. The molecule has 2 rings (SSSR count). The van der Waals surface area contributed by atoms with Crippen LogP contribution in [-0.2, 0) is 9.53 Å². The lowest BCUT2D eigenvalue weighted by Crippen LogP contribution is -2.44. The van der Waals surface area contributed by atoms with Crippen LogP contribution in [0.4, 0.5) is 10.5 Å². The van der Waals surface area contributed by atoms with E-state index in [0.29, 0.717) is 19.7 Å². The summed E-state index contributed by atoms with van der Waals surface area (Å²) in [5.41, 5.74) is 2.92. The fraction of sp³-hybridized carbons (Fsp3) is 0.529. The lowest BCUT2D eigenvalue weighted by atomic mass is 9.98. The summed E-state index contributed by atoms with van der Waals surface area (Å²) >= 11 is 0. The molecule has 1 aliphatic rings. The Bertz CT molecular complexity index is 537. The van der Waals surface area contributed by atoms with Crippen molar-refractivity contribution >= 4 is 17.7 Å². The largest absolute Gasteiger partial charge is 0.466 e. The van der Waals surface area contributed by atoms with Gasteiger partial charge in [-0.15, -0.1) is 0 Å². The van der Waals surface area contributed by atoms with Crippen LogP contribution in [0.1, 0.15) is 30.9 Å². The molecule has 1 fully saturated rings. The van der Waals surface area contributed by atoms with Crippen LogP contribution in [0.2, 0.25) is 0 Å². The maximum atomic E-state index is 12.5. The molecule has 22 heavy (non-hydrogen) atoms. The molecule has 1 atom stereocenters. The number of hydrogen-bond acceptors (Lipinski definition) is 3. The van der Waals surface area contributed by atoms with Crippen molar-refractivity contribution in [2.24, 2.45) is 5.92 Å². The molecule has 0 radical (unpaired) electrons. The van der Waals surface area contributed by atoms with Crippen LogP contribution in [0.15, 0.2) is 18.2 Å². The Morgan fingerprint density at radius 2 is 2.00 bits per heavy atom. The Kier molecular flexibility index (Phi) is 5.41. The van der Waals surface area contributed by atoms with E-state index in [0.717, 1.165) is 29.7 Å². The second kappa shape index (κ2) is 7.29. The lowest BCUT2D eigenvalue weighted by molar-refractivity contribution is -0.149. The summed E-state index contributed by atoms with van der Waals surface area (Å²) in [6, 6.07) is 5.77. The minimum Gasteiger partial charge on any atom is -0.466 e. The minimum absolute atomic E-state index is 0.147. The molecule has 1 saturated heterocycles. The quantitative estimate of drug-likeness (QED) is 0.873. The average Bonchev–Trinajstić information content (AvgIpc) is 2.51. The molecule has 0 bridgehead atoms. The molecule has 5 heteroatoms. The Morgan fingerprint density at radius 1 is 1.32 bits per heavy atom. The number of likely N-dealkylation sites (tertiary alicyclic amines) is 1. The van der Waals surface area contributed by atoms with Crippen molar-refractivity contribution in [2.75, 3.05) is 25.0 Å². The average molecular weight is 304 g/mol. The summed E-state index contributed by atoms with van der Waals surface area (Å²) < 4.78 is 5.07. The lowest BCUT2D eigenvalue weighted by Gasteiger charge is -2.31. The predicted octanol–water partition coefficient (Wildman–Crippen LogP) is 3.11. The summed E-state index contributed by atoms with van der Waals surface area (Å²) in [6.45, 7) is 7.22. The number of nitrogens with zero attached hydrogens (tertiary/aromatic N) is 1. The molecule has 1 unspecified atom stereocenters. The van der Waals surface area contributed by atoms with E-state index in [2.05, 4.69) is 5.32 Å². The number of nitrogens with one attached hydrogen (secondary N) is 1. The second-order valence-corrected chi connectivity index (χ2v) is 5.73. The second-order valence-electron chi connectivity index (χ2n) is 5.73. The number of para-hydroxylation sites is 1. The van der Waals surface area contributed by atoms with Crippen LogP contribution in [0.3, 0.4) is 0 Å². The Labute approximate surface area is 131 Å². The molecule has 1 N–H and O–H groups in total. The molecule has 0 spiro atoms. The van der Waals surface area contributed by atoms with Crippen LogP contribution in [-0.4, -0.2) is 36.6 Å². The van der Waals surface area contributed by atoms with Gasteiger partial charge < -0.3 is 15.0 Å². The van der Waals surface area contributed by atoms with Gasteiger partial charge in [-0.05, 0) is 44.7 Å². The number of rotatable bonds is 3. The van der Waals surface area contributed by atoms with E-state index in [-0.39, 0.29) is 17.9 Å². The standard InChI is InChI=1S/C17H24N2O3/c1-4-22-16(20)14-9-6-10-19(11-14)17(21)18-15-12(2)7-5-8-13(15)3/h5,7-8,14H,4,6,9-11H2,1-3H3,(H,18,21). The number of ether oxygens (including phenoxy) is 1. The zero-order valence-electron chi connectivity index (χ0n) is 13.5. The van der Waals surface area contributed by atoms with E-state index in [1.165, 1.54) is 0 Å². The number of aryl methyl sites for hydroxylation is 2.